The highest BCUT2D eigenvalue weighted by molar-refractivity contribution is 5.25. The van der Waals surface area contributed by atoms with Crippen LogP contribution in [-0.4, -0.2) is 17.8 Å². The van der Waals surface area contributed by atoms with Gasteiger partial charge in [-0.05, 0) is 37.5 Å². The predicted molar refractivity (Wildman–Crippen MR) is 85.2 cm³/mol. The smallest absolute Gasteiger partial charge is 0.115 e. The third-order valence-corrected chi connectivity index (χ3v) is 3.51. The van der Waals surface area contributed by atoms with E-state index in [9.17, 15) is 0 Å². The fourth-order valence-corrected chi connectivity index (χ4v) is 2.05. The second-order valence-electron chi connectivity index (χ2n) is 5.68. The van der Waals surface area contributed by atoms with Gasteiger partial charge in [0.1, 0.15) is 5.75 Å². The molecule has 2 heteroatoms. The first-order valence-electron chi connectivity index (χ1n) is 8.12. The molecule has 0 bridgehead atoms. The molecule has 0 saturated carbocycles. The number of aryl methyl sites for hydroxylation is 1. The standard InChI is InChI=1S/C15H24O.C3H6O/c1-2-3-4-5-6-7-8-9-14-10-12-15(16)13-11-14;1-3-2-4-3/h10-13,16H,2-9H2,1H3;3H,2H2,1H3. The average molecular weight is 278 g/mol. The van der Waals surface area contributed by atoms with E-state index in [0.29, 0.717) is 11.9 Å². The van der Waals surface area contributed by atoms with Gasteiger partial charge in [0.15, 0.2) is 0 Å². The van der Waals surface area contributed by atoms with Gasteiger partial charge in [0.2, 0.25) is 0 Å². The molecule has 1 aliphatic heterocycles. The first-order valence-corrected chi connectivity index (χ1v) is 8.12. The number of epoxide rings is 1. The van der Waals surface area contributed by atoms with Crippen molar-refractivity contribution in [1.29, 1.82) is 0 Å². The molecule has 1 saturated heterocycles. The minimum Gasteiger partial charge on any atom is -0.508 e. The van der Waals surface area contributed by atoms with Crippen molar-refractivity contribution in [3.63, 3.8) is 0 Å². The van der Waals surface area contributed by atoms with Crippen LogP contribution in [0.3, 0.4) is 0 Å². The number of ether oxygens (including phenoxy) is 1. The van der Waals surface area contributed by atoms with Crippen LogP contribution in [0.5, 0.6) is 5.75 Å². The molecule has 20 heavy (non-hydrogen) atoms. The molecule has 2 rings (SSSR count). The normalized spacial score (nSPS) is 16.4. The Bertz CT molecular complexity index is 328. The maximum absolute atomic E-state index is 9.15. The zero-order valence-electron chi connectivity index (χ0n) is 13.1. The van der Waals surface area contributed by atoms with E-state index in [1.54, 1.807) is 12.1 Å². The molecule has 0 aromatic heterocycles. The Morgan fingerprint density at radius 3 is 2.00 bits per heavy atom. The Morgan fingerprint density at radius 1 is 1.00 bits per heavy atom. The van der Waals surface area contributed by atoms with E-state index in [-0.39, 0.29) is 0 Å². The van der Waals surface area contributed by atoms with Crippen LogP contribution < -0.4 is 0 Å². The van der Waals surface area contributed by atoms with Crippen LogP contribution >= 0.6 is 0 Å². The van der Waals surface area contributed by atoms with Gasteiger partial charge in [0.25, 0.3) is 0 Å². The van der Waals surface area contributed by atoms with E-state index in [2.05, 4.69) is 13.8 Å². The van der Waals surface area contributed by atoms with E-state index in [0.717, 1.165) is 13.0 Å². The Morgan fingerprint density at radius 2 is 1.50 bits per heavy atom. The van der Waals surface area contributed by atoms with Gasteiger partial charge in [-0.1, -0.05) is 57.6 Å². The number of unbranched alkanes of at least 4 members (excludes halogenated alkanes) is 6. The van der Waals surface area contributed by atoms with Crippen molar-refractivity contribution < 1.29 is 9.84 Å². The van der Waals surface area contributed by atoms with Crippen molar-refractivity contribution in [3.05, 3.63) is 29.8 Å². The van der Waals surface area contributed by atoms with Gasteiger partial charge in [-0.15, -0.1) is 0 Å². The summed E-state index contributed by atoms with van der Waals surface area (Å²) in [7, 11) is 0. The van der Waals surface area contributed by atoms with Crippen LogP contribution in [0.1, 0.15) is 64.4 Å². The summed E-state index contributed by atoms with van der Waals surface area (Å²) in [6.07, 6.45) is 11.2. The summed E-state index contributed by atoms with van der Waals surface area (Å²) in [5, 5.41) is 9.15. The molecule has 1 aliphatic rings. The topological polar surface area (TPSA) is 32.8 Å². The summed E-state index contributed by atoms with van der Waals surface area (Å²) >= 11 is 0. The van der Waals surface area contributed by atoms with Gasteiger partial charge in [-0.25, -0.2) is 0 Å². The molecule has 2 nitrogen and oxygen atoms in total. The molecule has 0 spiro atoms. The molecule has 1 aromatic carbocycles. The molecule has 114 valence electrons. The van der Waals surface area contributed by atoms with Crippen LogP contribution in [0.4, 0.5) is 0 Å². The number of hydrogen-bond acceptors (Lipinski definition) is 2. The van der Waals surface area contributed by atoms with Gasteiger partial charge in [0.05, 0.1) is 12.7 Å². The number of phenolic OH excluding ortho intramolecular Hbond substituents is 1. The lowest BCUT2D eigenvalue weighted by Crippen LogP contribution is -1.85. The van der Waals surface area contributed by atoms with E-state index in [4.69, 9.17) is 9.84 Å². The van der Waals surface area contributed by atoms with Crippen molar-refractivity contribution in [3.8, 4) is 5.75 Å². The van der Waals surface area contributed by atoms with Gasteiger partial charge < -0.3 is 9.84 Å². The molecule has 1 fully saturated rings. The summed E-state index contributed by atoms with van der Waals surface area (Å²) in [5.74, 6) is 0.364. The minimum atomic E-state index is 0.364. The lowest BCUT2D eigenvalue weighted by atomic mass is 10.0. The van der Waals surface area contributed by atoms with Crippen LogP contribution in [0.2, 0.25) is 0 Å². The first-order chi connectivity index (χ1) is 9.72. The average Bonchev–Trinajstić information content (AvgIpc) is 3.23. The van der Waals surface area contributed by atoms with Crippen molar-refractivity contribution in [2.75, 3.05) is 6.61 Å². The van der Waals surface area contributed by atoms with Gasteiger partial charge >= 0.3 is 0 Å². The van der Waals surface area contributed by atoms with Crippen molar-refractivity contribution in [1.82, 2.24) is 0 Å². The molecule has 0 amide bonds. The Balaban J connectivity index is 0.000000425. The van der Waals surface area contributed by atoms with Gasteiger partial charge in [-0.3, -0.25) is 0 Å². The monoisotopic (exact) mass is 278 g/mol. The largest absolute Gasteiger partial charge is 0.508 e. The predicted octanol–water partition coefficient (Wildman–Crippen LogP) is 5.09. The van der Waals surface area contributed by atoms with Crippen LogP contribution in [0.15, 0.2) is 24.3 Å². The van der Waals surface area contributed by atoms with E-state index < -0.39 is 0 Å². The highest BCUT2D eigenvalue weighted by Gasteiger charge is 2.13. The Kier molecular flexibility index (Phi) is 9.14. The molecule has 0 radical (unpaired) electrons. The molecule has 1 unspecified atom stereocenters. The van der Waals surface area contributed by atoms with Gasteiger partial charge in [0, 0.05) is 0 Å². The number of rotatable bonds is 8. The molecular formula is C18H30O2. The maximum atomic E-state index is 9.15. The van der Waals surface area contributed by atoms with E-state index in [1.165, 1.54) is 50.5 Å². The van der Waals surface area contributed by atoms with E-state index in [1.807, 2.05) is 12.1 Å². The van der Waals surface area contributed by atoms with Gasteiger partial charge in [-0.2, -0.15) is 0 Å². The lowest BCUT2D eigenvalue weighted by molar-refractivity contribution is 0.423. The third kappa shape index (κ3) is 9.85. The van der Waals surface area contributed by atoms with Crippen LogP contribution in [-0.2, 0) is 11.2 Å². The number of benzene rings is 1. The summed E-state index contributed by atoms with van der Waals surface area (Å²) in [6.45, 7) is 5.30. The summed E-state index contributed by atoms with van der Waals surface area (Å²) < 4.78 is 4.71. The summed E-state index contributed by atoms with van der Waals surface area (Å²) in [4.78, 5) is 0. The Labute approximate surface area is 124 Å². The van der Waals surface area contributed by atoms with Crippen molar-refractivity contribution >= 4 is 0 Å². The lowest BCUT2D eigenvalue weighted by Gasteiger charge is -2.02. The van der Waals surface area contributed by atoms with Crippen molar-refractivity contribution in [2.24, 2.45) is 0 Å². The zero-order chi connectivity index (χ0) is 14.6. The van der Waals surface area contributed by atoms with E-state index >= 15 is 0 Å². The zero-order valence-corrected chi connectivity index (χ0v) is 13.1. The van der Waals surface area contributed by atoms with Crippen LogP contribution in [0, 0.1) is 0 Å². The molecule has 1 aromatic rings. The second-order valence-corrected chi connectivity index (χ2v) is 5.68. The molecule has 1 atom stereocenters. The molecule has 0 aliphatic carbocycles. The van der Waals surface area contributed by atoms with Crippen molar-refractivity contribution in [2.45, 2.75) is 71.3 Å². The highest BCUT2D eigenvalue weighted by atomic mass is 16.6. The maximum Gasteiger partial charge on any atom is 0.115 e. The number of phenols is 1. The summed E-state index contributed by atoms with van der Waals surface area (Å²) in [5.41, 5.74) is 1.34. The summed E-state index contributed by atoms with van der Waals surface area (Å²) in [6, 6.07) is 7.59. The molecule has 1 heterocycles. The Hall–Kier alpha value is -1.02. The third-order valence-electron chi connectivity index (χ3n) is 3.51. The first kappa shape index (κ1) is 17.0. The number of aromatic hydroxyl groups is 1. The van der Waals surface area contributed by atoms with Crippen LogP contribution in [0.25, 0.3) is 0 Å². The fraction of sp³-hybridized carbons (Fsp3) is 0.667. The fourth-order valence-electron chi connectivity index (χ4n) is 2.05. The number of hydrogen-bond donors (Lipinski definition) is 1. The SMILES string of the molecule is CC1CO1.CCCCCCCCCc1ccc(O)cc1. The molecule has 1 N–H and O–H groups in total. The minimum absolute atomic E-state index is 0.364. The molecular weight excluding hydrogens is 248 g/mol. The second kappa shape index (κ2) is 10.7. The quantitative estimate of drug-likeness (QED) is 0.530. The highest BCUT2D eigenvalue weighted by Crippen LogP contribution is 2.13.